The summed E-state index contributed by atoms with van der Waals surface area (Å²) in [5.74, 6) is 0.793. The monoisotopic (exact) mass is 220 g/mol. The summed E-state index contributed by atoms with van der Waals surface area (Å²) in [7, 11) is 1.62. The van der Waals surface area contributed by atoms with E-state index in [9.17, 15) is 4.79 Å². The van der Waals surface area contributed by atoms with Gasteiger partial charge in [-0.25, -0.2) is 0 Å². The third kappa shape index (κ3) is 1.81. The zero-order valence-electron chi connectivity index (χ0n) is 8.16. The minimum absolute atomic E-state index is 0.445. The third-order valence-corrected chi connectivity index (χ3v) is 2.51. The van der Waals surface area contributed by atoms with Crippen LogP contribution in [0.5, 0.6) is 5.75 Å². The average Bonchev–Trinajstić information content (AvgIpc) is 2.27. The third-order valence-electron chi connectivity index (χ3n) is 2.29. The molecule has 0 saturated heterocycles. The number of hydrogen-bond donors (Lipinski definition) is 0. The molecular formula is C12H9ClO2. The standard InChI is InChI=1S/C12H9ClO2/c1-15-11-4-2-3-8-7-9(12(13)14)5-6-10(8)11/h2-7H,1H3. The maximum atomic E-state index is 11.0. The molecule has 0 aliphatic rings. The molecule has 0 spiro atoms. The van der Waals surface area contributed by atoms with E-state index in [-0.39, 0.29) is 0 Å². The van der Waals surface area contributed by atoms with Crippen molar-refractivity contribution in [2.24, 2.45) is 0 Å². The molecule has 0 aliphatic carbocycles. The van der Waals surface area contributed by atoms with Crippen molar-refractivity contribution < 1.29 is 9.53 Å². The minimum atomic E-state index is -0.445. The Balaban J connectivity index is 2.69. The Morgan fingerprint density at radius 2 is 2.07 bits per heavy atom. The molecule has 0 amide bonds. The first-order chi connectivity index (χ1) is 7.22. The van der Waals surface area contributed by atoms with Crippen molar-refractivity contribution in [3.63, 3.8) is 0 Å². The molecule has 0 aliphatic heterocycles. The zero-order chi connectivity index (χ0) is 10.8. The second-order valence-electron chi connectivity index (χ2n) is 3.17. The highest BCUT2D eigenvalue weighted by Gasteiger charge is 2.05. The number of hydrogen-bond acceptors (Lipinski definition) is 2. The van der Waals surface area contributed by atoms with Crippen molar-refractivity contribution in [2.75, 3.05) is 7.11 Å². The van der Waals surface area contributed by atoms with Gasteiger partial charge in [0.15, 0.2) is 0 Å². The average molecular weight is 221 g/mol. The fraction of sp³-hybridized carbons (Fsp3) is 0.0833. The highest BCUT2D eigenvalue weighted by atomic mass is 35.5. The molecule has 76 valence electrons. The number of rotatable bonds is 2. The molecule has 0 saturated carbocycles. The molecular weight excluding hydrogens is 212 g/mol. The largest absolute Gasteiger partial charge is 0.496 e. The van der Waals surface area contributed by atoms with Gasteiger partial charge in [-0.1, -0.05) is 12.1 Å². The van der Waals surface area contributed by atoms with E-state index in [2.05, 4.69) is 0 Å². The Labute approximate surface area is 92.4 Å². The van der Waals surface area contributed by atoms with Crippen LogP contribution >= 0.6 is 11.6 Å². The summed E-state index contributed by atoms with van der Waals surface area (Å²) in [5, 5.41) is 1.47. The number of methoxy groups -OCH3 is 1. The highest BCUT2D eigenvalue weighted by molar-refractivity contribution is 6.67. The van der Waals surface area contributed by atoms with Gasteiger partial charge in [0.2, 0.25) is 0 Å². The molecule has 0 N–H and O–H groups in total. The lowest BCUT2D eigenvalue weighted by molar-refractivity contribution is 0.108. The molecule has 0 aromatic heterocycles. The smallest absolute Gasteiger partial charge is 0.252 e. The van der Waals surface area contributed by atoms with E-state index in [4.69, 9.17) is 16.3 Å². The van der Waals surface area contributed by atoms with Crippen LogP contribution in [0.2, 0.25) is 0 Å². The summed E-state index contributed by atoms with van der Waals surface area (Å²) < 4.78 is 5.21. The van der Waals surface area contributed by atoms with Gasteiger partial charge in [-0.15, -0.1) is 0 Å². The van der Waals surface area contributed by atoms with Gasteiger partial charge in [-0.05, 0) is 41.3 Å². The molecule has 0 atom stereocenters. The number of benzene rings is 2. The van der Waals surface area contributed by atoms with Gasteiger partial charge in [0.1, 0.15) is 5.75 Å². The van der Waals surface area contributed by atoms with Crippen molar-refractivity contribution in [3.05, 3.63) is 42.0 Å². The maximum absolute atomic E-state index is 11.0. The first-order valence-corrected chi connectivity index (χ1v) is 4.87. The second kappa shape index (κ2) is 3.91. The SMILES string of the molecule is COc1cccc2cc(C(=O)Cl)ccc12. The number of ether oxygens (including phenoxy) is 1. The van der Waals surface area contributed by atoms with Crippen molar-refractivity contribution >= 4 is 27.6 Å². The van der Waals surface area contributed by atoms with Gasteiger partial charge in [0.05, 0.1) is 7.11 Å². The quantitative estimate of drug-likeness (QED) is 0.727. The van der Waals surface area contributed by atoms with Gasteiger partial charge >= 0.3 is 0 Å². The van der Waals surface area contributed by atoms with Crippen LogP contribution < -0.4 is 4.74 Å². The van der Waals surface area contributed by atoms with E-state index in [1.165, 1.54) is 0 Å². The topological polar surface area (TPSA) is 26.3 Å². The molecule has 0 unspecified atom stereocenters. The Morgan fingerprint density at radius 1 is 1.27 bits per heavy atom. The van der Waals surface area contributed by atoms with E-state index in [1.807, 2.05) is 24.3 Å². The fourth-order valence-corrected chi connectivity index (χ4v) is 1.67. The first-order valence-electron chi connectivity index (χ1n) is 4.49. The molecule has 3 heteroatoms. The van der Waals surface area contributed by atoms with E-state index in [1.54, 1.807) is 19.2 Å². The first kappa shape index (κ1) is 9.99. The van der Waals surface area contributed by atoms with Crippen molar-refractivity contribution in [1.29, 1.82) is 0 Å². The molecule has 2 aromatic carbocycles. The van der Waals surface area contributed by atoms with Crippen LogP contribution in [0.15, 0.2) is 36.4 Å². The lowest BCUT2D eigenvalue weighted by Gasteiger charge is -2.05. The molecule has 0 radical (unpaired) electrons. The maximum Gasteiger partial charge on any atom is 0.252 e. The summed E-state index contributed by atoms with van der Waals surface area (Å²) in [6.45, 7) is 0. The second-order valence-corrected chi connectivity index (χ2v) is 3.51. The predicted octanol–water partition coefficient (Wildman–Crippen LogP) is 3.23. The van der Waals surface area contributed by atoms with Crippen LogP contribution in [0.25, 0.3) is 10.8 Å². The number of carbonyl (C=O) groups is 1. The summed E-state index contributed by atoms with van der Waals surface area (Å²) in [6, 6.07) is 11.0. The van der Waals surface area contributed by atoms with Crippen molar-refractivity contribution in [2.45, 2.75) is 0 Å². The van der Waals surface area contributed by atoms with E-state index >= 15 is 0 Å². The van der Waals surface area contributed by atoms with E-state index in [0.29, 0.717) is 5.56 Å². The minimum Gasteiger partial charge on any atom is -0.496 e. The van der Waals surface area contributed by atoms with Crippen molar-refractivity contribution in [1.82, 2.24) is 0 Å². The molecule has 0 bridgehead atoms. The van der Waals surface area contributed by atoms with Gasteiger partial charge in [0, 0.05) is 10.9 Å². The lowest BCUT2D eigenvalue weighted by atomic mass is 10.1. The number of halogens is 1. The molecule has 15 heavy (non-hydrogen) atoms. The summed E-state index contributed by atoms with van der Waals surface area (Å²) in [4.78, 5) is 11.0. The Hall–Kier alpha value is -1.54. The Morgan fingerprint density at radius 3 is 2.73 bits per heavy atom. The summed E-state index contributed by atoms with van der Waals surface area (Å²) >= 11 is 5.41. The summed E-state index contributed by atoms with van der Waals surface area (Å²) in [5.41, 5.74) is 0.498. The molecule has 2 nitrogen and oxygen atoms in total. The van der Waals surface area contributed by atoms with Crippen LogP contribution in [-0.2, 0) is 0 Å². The lowest BCUT2D eigenvalue weighted by Crippen LogP contribution is -1.89. The normalized spacial score (nSPS) is 10.3. The predicted molar refractivity (Wildman–Crippen MR) is 60.7 cm³/mol. The summed E-state index contributed by atoms with van der Waals surface area (Å²) in [6.07, 6.45) is 0. The van der Waals surface area contributed by atoms with Gasteiger partial charge < -0.3 is 4.74 Å². The fourth-order valence-electron chi connectivity index (χ4n) is 1.55. The molecule has 2 aromatic rings. The highest BCUT2D eigenvalue weighted by Crippen LogP contribution is 2.26. The van der Waals surface area contributed by atoms with Crippen LogP contribution in [0.3, 0.4) is 0 Å². The van der Waals surface area contributed by atoms with Crippen LogP contribution in [0, 0.1) is 0 Å². The number of carbonyl (C=O) groups excluding carboxylic acids is 1. The van der Waals surface area contributed by atoms with E-state index < -0.39 is 5.24 Å². The Kier molecular flexibility index (Phi) is 2.60. The Bertz CT molecular complexity index is 520. The van der Waals surface area contributed by atoms with Crippen LogP contribution in [0.1, 0.15) is 10.4 Å². The van der Waals surface area contributed by atoms with E-state index in [0.717, 1.165) is 16.5 Å². The molecule has 0 heterocycles. The van der Waals surface area contributed by atoms with Crippen LogP contribution in [0.4, 0.5) is 0 Å². The van der Waals surface area contributed by atoms with Crippen LogP contribution in [-0.4, -0.2) is 12.4 Å². The van der Waals surface area contributed by atoms with Gasteiger partial charge in [-0.2, -0.15) is 0 Å². The zero-order valence-corrected chi connectivity index (χ0v) is 8.91. The molecule has 2 rings (SSSR count). The van der Waals surface area contributed by atoms with Gasteiger partial charge in [-0.3, -0.25) is 4.79 Å². The molecule has 0 fully saturated rings. The number of fused-ring (bicyclic) bond motifs is 1. The van der Waals surface area contributed by atoms with Gasteiger partial charge in [0.25, 0.3) is 5.24 Å². The van der Waals surface area contributed by atoms with Crippen molar-refractivity contribution in [3.8, 4) is 5.75 Å².